The zero-order valence-corrected chi connectivity index (χ0v) is 18.4. The number of rotatable bonds is 9. The fraction of sp³-hybridized carbons (Fsp3) is 0.143. The van der Waals surface area contributed by atoms with E-state index < -0.39 is 15.9 Å². The summed E-state index contributed by atoms with van der Waals surface area (Å²) in [6.45, 7) is 0.593. The van der Waals surface area contributed by atoms with Gasteiger partial charge in [0, 0.05) is 19.3 Å². The number of nitrogens with one attached hydrogen (secondary N) is 2. The lowest BCUT2D eigenvalue weighted by molar-refractivity contribution is 0.0956. The van der Waals surface area contributed by atoms with Crippen LogP contribution in [0, 0.1) is 0 Å². The second-order valence-electron chi connectivity index (χ2n) is 6.52. The Labute approximate surface area is 184 Å². The summed E-state index contributed by atoms with van der Waals surface area (Å²) < 4.78 is 27.6. The van der Waals surface area contributed by atoms with E-state index in [1.165, 1.54) is 24.4 Å². The van der Waals surface area contributed by atoms with Crippen LogP contribution >= 0.6 is 11.3 Å². The van der Waals surface area contributed by atoms with Crippen LogP contribution in [0.2, 0.25) is 0 Å². The number of hydrogen-bond acceptors (Lipinski definition) is 7. The lowest BCUT2D eigenvalue weighted by atomic mass is 10.2. The predicted molar refractivity (Wildman–Crippen MR) is 123 cm³/mol. The van der Waals surface area contributed by atoms with Crippen LogP contribution in [-0.4, -0.2) is 45.8 Å². The molecule has 0 aliphatic rings. The molecule has 0 fully saturated rings. The van der Waals surface area contributed by atoms with Gasteiger partial charge in [0.2, 0.25) is 0 Å². The maximum atomic E-state index is 12.6. The van der Waals surface area contributed by atoms with Crippen molar-refractivity contribution in [3.63, 3.8) is 0 Å². The minimum atomic E-state index is -3.77. The molecule has 0 saturated heterocycles. The lowest BCUT2D eigenvalue weighted by Crippen LogP contribution is -2.21. The average molecular weight is 459 g/mol. The Balaban J connectivity index is 1.67. The summed E-state index contributed by atoms with van der Waals surface area (Å²) in [6.07, 6.45) is 1.49. The van der Waals surface area contributed by atoms with E-state index in [4.69, 9.17) is 5.11 Å². The fourth-order valence-electron chi connectivity index (χ4n) is 2.70. The van der Waals surface area contributed by atoms with Gasteiger partial charge in [-0.15, -0.1) is 11.3 Å². The van der Waals surface area contributed by atoms with Crippen molar-refractivity contribution in [2.45, 2.75) is 4.21 Å². The average Bonchev–Trinajstić information content (AvgIpc) is 3.30. The maximum Gasteiger partial charge on any atom is 0.273 e. The van der Waals surface area contributed by atoms with Crippen molar-refractivity contribution in [2.75, 3.05) is 29.8 Å². The molecule has 31 heavy (non-hydrogen) atoms. The minimum Gasteiger partial charge on any atom is -0.395 e. The van der Waals surface area contributed by atoms with E-state index in [1.54, 1.807) is 23.6 Å². The molecule has 0 bridgehead atoms. The van der Waals surface area contributed by atoms with Gasteiger partial charge in [0.25, 0.3) is 15.9 Å². The van der Waals surface area contributed by atoms with Gasteiger partial charge in [0.05, 0.1) is 24.1 Å². The third-order valence-electron chi connectivity index (χ3n) is 4.32. The Morgan fingerprint density at radius 3 is 2.55 bits per heavy atom. The molecule has 0 aliphatic heterocycles. The number of amides is 1. The van der Waals surface area contributed by atoms with Gasteiger partial charge < -0.3 is 10.0 Å². The van der Waals surface area contributed by atoms with Crippen LogP contribution in [0.5, 0.6) is 0 Å². The van der Waals surface area contributed by atoms with Gasteiger partial charge >= 0.3 is 0 Å². The molecule has 10 heteroatoms. The van der Waals surface area contributed by atoms with Crippen molar-refractivity contribution in [3.05, 3.63) is 77.2 Å². The first kappa shape index (κ1) is 22.5. The monoisotopic (exact) mass is 458 g/mol. The van der Waals surface area contributed by atoms with Crippen LogP contribution in [0.3, 0.4) is 0 Å². The van der Waals surface area contributed by atoms with Gasteiger partial charge in [-0.3, -0.25) is 9.52 Å². The Morgan fingerprint density at radius 2 is 1.87 bits per heavy atom. The number of sulfonamides is 1. The number of benzene rings is 2. The first-order valence-corrected chi connectivity index (χ1v) is 11.7. The maximum absolute atomic E-state index is 12.6. The molecule has 162 valence electrons. The van der Waals surface area contributed by atoms with E-state index in [-0.39, 0.29) is 22.1 Å². The molecule has 0 unspecified atom stereocenters. The number of thiophene rings is 1. The normalized spacial score (nSPS) is 11.4. The number of hydrogen-bond donors (Lipinski definition) is 3. The van der Waals surface area contributed by atoms with Gasteiger partial charge in [-0.2, -0.15) is 5.10 Å². The predicted octanol–water partition coefficient (Wildman–Crippen LogP) is 2.74. The van der Waals surface area contributed by atoms with Crippen molar-refractivity contribution in [1.29, 1.82) is 0 Å². The number of likely N-dealkylation sites (N-methyl/N-ethyl adjacent to an activating group) is 1. The van der Waals surface area contributed by atoms with Crippen molar-refractivity contribution < 1.29 is 18.3 Å². The van der Waals surface area contributed by atoms with Crippen LogP contribution in [0.4, 0.5) is 11.4 Å². The number of hydrazone groups is 1. The molecule has 2 aromatic carbocycles. The van der Waals surface area contributed by atoms with E-state index in [9.17, 15) is 13.2 Å². The molecule has 1 heterocycles. The van der Waals surface area contributed by atoms with Crippen molar-refractivity contribution in [1.82, 2.24) is 5.43 Å². The summed E-state index contributed by atoms with van der Waals surface area (Å²) in [5.74, 6) is -0.542. The summed E-state index contributed by atoms with van der Waals surface area (Å²) in [5.41, 5.74) is 4.46. The molecular weight excluding hydrogens is 436 g/mol. The summed E-state index contributed by atoms with van der Waals surface area (Å²) >= 11 is 1.09. The molecule has 3 N–H and O–H groups in total. The summed E-state index contributed by atoms with van der Waals surface area (Å²) in [5, 5.41) is 14.6. The van der Waals surface area contributed by atoms with Crippen LogP contribution < -0.4 is 15.0 Å². The molecule has 0 spiro atoms. The van der Waals surface area contributed by atoms with Gasteiger partial charge in [-0.1, -0.05) is 30.3 Å². The highest BCUT2D eigenvalue weighted by atomic mass is 32.2. The van der Waals surface area contributed by atoms with Crippen LogP contribution in [-0.2, 0) is 10.0 Å². The van der Waals surface area contributed by atoms with Gasteiger partial charge in [0.15, 0.2) is 0 Å². The zero-order chi connectivity index (χ0) is 22.3. The van der Waals surface area contributed by atoms with E-state index in [0.29, 0.717) is 6.54 Å². The van der Waals surface area contributed by atoms with Gasteiger partial charge in [0.1, 0.15) is 4.21 Å². The first-order valence-electron chi connectivity index (χ1n) is 9.31. The Kier molecular flexibility index (Phi) is 7.40. The van der Waals surface area contributed by atoms with E-state index in [1.807, 2.05) is 36.2 Å². The molecule has 0 radical (unpaired) electrons. The number of carbonyl (C=O) groups excluding carboxylic acids is 1. The van der Waals surface area contributed by atoms with Crippen LogP contribution in [0.25, 0.3) is 0 Å². The molecule has 0 saturated carbocycles. The lowest BCUT2D eigenvalue weighted by Gasteiger charge is -2.17. The molecule has 1 amide bonds. The number of para-hydroxylation sites is 1. The Hall–Kier alpha value is -3.21. The topological polar surface area (TPSA) is 111 Å². The minimum absolute atomic E-state index is 0.0662. The third kappa shape index (κ3) is 5.91. The number of aliphatic hydroxyl groups is 1. The van der Waals surface area contributed by atoms with Crippen LogP contribution in [0.1, 0.15) is 15.9 Å². The highest BCUT2D eigenvalue weighted by molar-refractivity contribution is 7.94. The summed E-state index contributed by atoms with van der Waals surface area (Å²) in [6, 6.07) is 16.9. The molecule has 3 aromatic rings. The quantitative estimate of drug-likeness (QED) is 0.337. The van der Waals surface area contributed by atoms with E-state index in [0.717, 1.165) is 22.6 Å². The molecule has 0 aliphatic carbocycles. The van der Waals surface area contributed by atoms with Crippen molar-refractivity contribution in [3.8, 4) is 0 Å². The van der Waals surface area contributed by atoms with E-state index in [2.05, 4.69) is 15.2 Å². The van der Waals surface area contributed by atoms with Crippen LogP contribution in [0.15, 0.2) is 75.4 Å². The molecule has 1 aromatic heterocycles. The largest absolute Gasteiger partial charge is 0.395 e. The van der Waals surface area contributed by atoms with Crippen molar-refractivity contribution >= 4 is 44.9 Å². The number of nitrogens with zero attached hydrogens (tertiary/aromatic N) is 2. The SMILES string of the molecule is CN(CCO)c1ccc(C=NNC(=O)c2ccccc2NS(=O)(=O)c2cccs2)cc1. The number of anilines is 2. The number of carbonyl (C=O) groups is 1. The molecular formula is C21H22N4O4S2. The van der Waals surface area contributed by atoms with Gasteiger partial charge in [-0.25, -0.2) is 13.8 Å². The molecule has 8 nitrogen and oxygen atoms in total. The zero-order valence-electron chi connectivity index (χ0n) is 16.7. The second-order valence-corrected chi connectivity index (χ2v) is 9.38. The number of aliphatic hydroxyl groups excluding tert-OH is 1. The Morgan fingerprint density at radius 1 is 1.13 bits per heavy atom. The highest BCUT2D eigenvalue weighted by Gasteiger charge is 2.19. The fourth-order valence-corrected chi connectivity index (χ4v) is 4.77. The molecule has 3 rings (SSSR count). The molecule has 0 atom stereocenters. The first-order chi connectivity index (χ1) is 14.9. The Bertz CT molecular complexity index is 1140. The standard InChI is InChI=1S/C21H22N4O4S2/c1-25(12-13-26)17-10-8-16(9-11-17)15-22-23-21(27)18-5-2-3-6-19(18)24-31(28,29)20-7-4-14-30-20/h2-11,14-15,24,26H,12-13H2,1H3,(H,23,27). The summed E-state index contributed by atoms with van der Waals surface area (Å²) in [7, 11) is -1.90. The van der Waals surface area contributed by atoms with E-state index >= 15 is 0 Å². The highest BCUT2D eigenvalue weighted by Crippen LogP contribution is 2.22. The third-order valence-corrected chi connectivity index (χ3v) is 7.09. The van der Waals surface area contributed by atoms with Crippen molar-refractivity contribution in [2.24, 2.45) is 5.10 Å². The second kappa shape index (κ2) is 10.2. The smallest absolute Gasteiger partial charge is 0.273 e. The van der Waals surface area contributed by atoms with Gasteiger partial charge in [-0.05, 0) is 41.3 Å². The summed E-state index contributed by atoms with van der Waals surface area (Å²) in [4.78, 5) is 14.5.